The number of nitrogens with zero attached hydrogens (tertiary/aromatic N) is 2. The predicted octanol–water partition coefficient (Wildman–Crippen LogP) is 2.71. The number of ether oxygens (including phenoxy) is 1. The smallest absolute Gasteiger partial charge is 0.401 e. The van der Waals surface area contributed by atoms with Crippen molar-refractivity contribution >= 4 is 23.2 Å². The number of guanidine groups is 1. The highest BCUT2D eigenvalue weighted by molar-refractivity contribution is 6.32. The molecule has 1 fully saturated rings. The molecule has 0 radical (unpaired) electrons. The van der Waals surface area contributed by atoms with Crippen molar-refractivity contribution in [3.63, 3.8) is 0 Å². The molecule has 1 heterocycles. The van der Waals surface area contributed by atoms with Gasteiger partial charge in [-0.15, -0.1) is 0 Å². The first-order chi connectivity index (χ1) is 10.8. The molecular formula is C14H18ClF3N4O. The van der Waals surface area contributed by atoms with Crippen molar-refractivity contribution in [3.8, 4) is 5.75 Å². The van der Waals surface area contributed by atoms with Gasteiger partial charge < -0.3 is 15.8 Å². The molecule has 1 unspecified atom stereocenters. The maximum atomic E-state index is 12.3. The zero-order chi connectivity index (χ0) is 17.0. The van der Waals surface area contributed by atoms with Gasteiger partial charge in [-0.25, -0.2) is 4.99 Å². The topological polar surface area (TPSA) is 62.9 Å². The van der Waals surface area contributed by atoms with Gasteiger partial charge in [0.15, 0.2) is 5.96 Å². The molecule has 9 heteroatoms. The SMILES string of the molecule is COc1ccc(NC(N)=NC2CCN(CC(F)(F)F)C2)cc1Cl. The summed E-state index contributed by atoms with van der Waals surface area (Å²) >= 11 is 6.01. The zero-order valence-electron chi connectivity index (χ0n) is 12.5. The molecule has 1 aliphatic rings. The molecule has 2 rings (SSSR count). The minimum atomic E-state index is -4.19. The second-order valence-electron chi connectivity index (χ2n) is 5.28. The summed E-state index contributed by atoms with van der Waals surface area (Å²) in [6.07, 6.45) is -3.65. The number of alkyl halides is 3. The number of hydrogen-bond acceptors (Lipinski definition) is 3. The van der Waals surface area contributed by atoms with Gasteiger partial charge in [-0.05, 0) is 24.6 Å². The Kier molecular flexibility index (Phi) is 5.59. The second kappa shape index (κ2) is 7.27. The largest absolute Gasteiger partial charge is 0.495 e. The molecule has 1 saturated heterocycles. The molecule has 0 amide bonds. The summed E-state index contributed by atoms with van der Waals surface area (Å²) in [4.78, 5) is 5.55. The Morgan fingerprint density at radius 2 is 2.26 bits per heavy atom. The molecule has 0 saturated carbocycles. The van der Waals surface area contributed by atoms with E-state index < -0.39 is 12.7 Å². The van der Waals surface area contributed by atoms with Crippen LogP contribution >= 0.6 is 11.6 Å². The molecule has 1 aromatic rings. The van der Waals surface area contributed by atoms with E-state index in [0.29, 0.717) is 29.4 Å². The van der Waals surface area contributed by atoms with Gasteiger partial charge in [0.25, 0.3) is 0 Å². The summed E-state index contributed by atoms with van der Waals surface area (Å²) in [6.45, 7) is -0.318. The zero-order valence-corrected chi connectivity index (χ0v) is 13.3. The fraction of sp³-hybridized carbons (Fsp3) is 0.500. The molecule has 128 valence electrons. The summed E-state index contributed by atoms with van der Waals surface area (Å²) in [6, 6.07) is 4.78. The van der Waals surface area contributed by atoms with Gasteiger partial charge in [0.05, 0.1) is 24.7 Å². The number of benzene rings is 1. The van der Waals surface area contributed by atoms with Crippen LogP contribution in [0.25, 0.3) is 0 Å². The predicted molar refractivity (Wildman–Crippen MR) is 84.1 cm³/mol. The number of halogens is 4. The third-order valence-corrected chi connectivity index (χ3v) is 3.69. The molecule has 1 atom stereocenters. The Morgan fingerprint density at radius 1 is 1.52 bits per heavy atom. The lowest BCUT2D eigenvalue weighted by molar-refractivity contribution is -0.143. The van der Waals surface area contributed by atoms with Crippen LogP contribution in [0.1, 0.15) is 6.42 Å². The Morgan fingerprint density at radius 3 is 2.87 bits per heavy atom. The van der Waals surface area contributed by atoms with Crippen LogP contribution in [0.15, 0.2) is 23.2 Å². The number of nitrogens with two attached hydrogens (primary N) is 1. The van der Waals surface area contributed by atoms with Gasteiger partial charge in [-0.1, -0.05) is 11.6 Å². The summed E-state index contributed by atoms with van der Waals surface area (Å²) in [5.74, 6) is 0.677. The first kappa shape index (κ1) is 17.7. The summed E-state index contributed by atoms with van der Waals surface area (Å²) in [5.41, 5.74) is 6.43. The van der Waals surface area contributed by atoms with E-state index in [1.54, 1.807) is 18.2 Å². The van der Waals surface area contributed by atoms with E-state index in [4.69, 9.17) is 22.1 Å². The summed E-state index contributed by atoms with van der Waals surface area (Å²) in [5, 5.41) is 3.29. The van der Waals surface area contributed by atoms with E-state index in [-0.39, 0.29) is 18.5 Å². The molecule has 0 aromatic heterocycles. The number of anilines is 1. The van der Waals surface area contributed by atoms with Gasteiger partial charge >= 0.3 is 6.18 Å². The Hall–Kier alpha value is -1.67. The average molecular weight is 351 g/mol. The molecule has 0 bridgehead atoms. The van der Waals surface area contributed by atoms with E-state index in [9.17, 15) is 13.2 Å². The highest BCUT2D eigenvalue weighted by atomic mass is 35.5. The Labute approximate surface area is 137 Å². The van der Waals surface area contributed by atoms with E-state index in [1.165, 1.54) is 12.0 Å². The van der Waals surface area contributed by atoms with Crippen LogP contribution in [0.3, 0.4) is 0 Å². The fourth-order valence-electron chi connectivity index (χ4n) is 2.44. The lowest BCUT2D eigenvalue weighted by atomic mass is 10.3. The highest BCUT2D eigenvalue weighted by Gasteiger charge is 2.34. The van der Waals surface area contributed by atoms with E-state index in [0.717, 1.165) is 0 Å². The van der Waals surface area contributed by atoms with Gasteiger partial charge in [0, 0.05) is 18.8 Å². The molecule has 1 aromatic carbocycles. The minimum Gasteiger partial charge on any atom is -0.495 e. The maximum Gasteiger partial charge on any atom is 0.401 e. The third-order valence-electron chi connectivity index (χ3n) is 3.40. The number of likely N-dealkylation sites (tertiary alicyclic amines) is 1. The fourth-order valence-corrected chi connectivity index (χ4v) is 2.69. The summed E-state index contributed by atoms with van der Waals surface area (Å²) in [7, 11) is 1.51. The minimum absolute atomic E-state index is 0.144. The highest BCUT2D eigenvalue weighted by Crippen LogP contribution is 2.27. The van der Waals surface area contributed by atoms with E-state index >= 15 is 0 Å². The Balaban J connectivity index is 1.92. The van der Waals surface area contributed by atoms with Crippen LogP contribution in [-0.2, 0) is 0 Å². The second-order valence-corrected chi connectivity index (χ2v) is 5.69. The molecular weight excluding hydrogens is 333 g/mol. The van der Waals surface area contributed by atoms with Crippen molar-refractivity contribution in [2.75, 3.05) is 32.1 Å². The monoisotopic (exact) mass is 350 g/mol. The van der Waals surface area contributed by atoms with Crippen molar-refractivity contribution in [1.29, 1.82) is 0 Å². The van der Waals surface area contributed by atoms with Gasteiger partial charge in [0.1, 0.15) is 5.75 Å². The maximum absolute atomic E-state index is 12.3. The number of nitrogens with one attached hydrogen (secondary N) is 1. The number of aliphatic imine (C=N–C) groups is 1. The molecule has 23 heavy (non-hydrogen) atoms. The van der Waals surface area contributed by atoms with Crippen LogP contribution in [-0.4, -0.2) is 49.8 Å². The first-order valence-electron chi connectivity index (χ1n) is 7.00. The molecule has 1 aliphatic heterocycles. The van der Waals surface area contributed by atoms with Crippen LogP contribution in [0, 0.1) is 0 Å². The number of methoxy groups -OCH3 is 1. The molecule has 0 spiro atoms. The molecule has 3 N–H and O–H groups in total. The summed E-state index contributed by atoms with van der Waals surface area (Å²) < 4.78 is 42.1. The lowest BCUT2D eigenvalue weighted by Crippen LogP contribution is -2.33. The number of rotatable bonds is 4. The van der Waals surface area contributed by atoms with Crippen LogP contribution < -0.4 is 15.8 Å². The van der Waals surface area contributed by atoms with Crippen molar-refractivity contribution in [2.24, 2.45) is 10.7 Å². The average Bonchev–Trinajstić information content (AvgIpc) is 2.83. The normalized spacial score (nSPS) is 19.9. The van der Waals surface area contributed by atoms with Crippen LogP contribution in [0.5, 0.6) is 5.75 Å². The van der Waals surface area contributed by atoms with Crippen LogP contribution in [0.2, 0.25) is 5.02 Å². The van der Waals surface area contributed by atoms with E-state index in [1.807, 2.05) is 0 Å². The van der Waals surface area contributed by atoms with Crippen LogP contribution in [0.4, 0.5) is 18.9 Å². The third kappa shape index (κ3) is 5.47. The molecule has 5 nitrogen and oxygen atoms in total. The molecule has 0 aliphatic carbocycles. The quantitative estimate of drug-likeness (QED) is 0.647. The van der Waals surface area contributed by atoms with Gasteiger partial charge in [-0.3, -0.25) is 4.90 Å². The first-order valence-corrected chi connectivity index (χ1v) is 7.37. The van der Waals surface area contributed by atoms with Crippen molar-refractivity contribution in [1.82, 2.24) is 4.90 Å². The van der Waals surface area contributed by atoms with Crippen molar-refractivity contribution in [3.05, 3.63) is 23.2 Å². The van der Waals surface area contributed by atoms with Gasteiger partial charge in [0.2, 0.25) is 0 Å². The van der Waals surface area contributed by atoms with Gasteiger partial charge in [-0.2, -0.15) is 13.2 Å². The Bertz CT molecular complexity index is 580. The number of hydrogen-bond donors (Lipinski definition) is 2. The standard InChI is InChI=1S/C14H18ClF3N4O/c1-23-12-3-2-9(6-11(12)15)20-13(19)21-10-4-5-22(7-10)8-14(16,17)18/h2-3,6,10H,4-5,7-8H2,1H3,(H3,19,20,21). The van der Waals surface area contributed by atoms with E-state index in [2.05, 4.69) is 10.3 Å². The van der Waals surface area contributed by atoms with Crippen molar-refractivity contribution in [2.45, 2.75) is 18.6 Å². The lowest BCUT2D eigenvalue weighted by Gasteiger charge is -2.17. The van der Waals surface area contributed by atoms with Crippen molar-refractivity contribution < 1.29 is 17.9 Å².